The fourth-order valence-corrected chi connectivity index (χ4v) is 3.09. The first-order valence-electron chi connectivity index (χ1n) is 8.45. The second-order valence-corrected chi connectivity index (χ2v) is 7.26. The zero-order valence-corrected chi connectivity index (χ0v) is 16.0. The summed E-state index contributed by atoms with van der Waals surface area (Å²) in [5.41, 5.74) is 1.57. The first-order chi connectivity index (χ1) is 13.4. The molecule has 0 saturated heterocycles. The van der Waals surface area contributed by atoms with Gasteiger partial charge in [-0.1, -0.05) is 23.9 Å². The van der Waals surface area contributed by atoms with Crippen LogP contribution in [-0.2, 0) is 9.59 Å². The molecule has 144 valence electrons. The van der Waals surface area contributed by atoms with E-state index in [1.54, 1.807) is 49.4 Å². The maximum absolute atomic E-state index is 13.8. The third-order valence-electron chi connectivity index (χ3n) is 3.72. The number of anilines is 2. The van der Waals surface area contributed by atoms with Gasteiger partial charge in [-0.2, -0.15) is 0 Å². The maximum atomic E-state index is 13.8. The van der Waals surface area contributed by atoms with Gasteiger partial charge < -0.3 is 10.6 Å². The van der Waals surface area contributed by atoms with E-state index in [1.807, 2.05) is 0 Å². The first-order valence-corrected chi connectivity index (χ1v) is 9.33. The number of carbonyl (C=O) groups excluding carboxylic acids is 2. The fourth-order valence-electron chi connectivity index (χ4n) is 2.37. The smallest absolute Gasteiger partial charge is 0.237 e. The molecule has 0 spiro atoms. The number of nitrogens with one attached hydrogen (secondary N) is 3. The zero-order valence-electron chi connectivity index (χ0n) is 15.2. The van der Waals surface area contributed by atoms with Gasteiger partial charge in [-0.3, -0.25) is 14.7 Å². The van der Waals surface area contributed by atoms with Gasteiger partial charge >= 0.3 is 0 Å². The average Bonchev–Trinajstić information content (AvgIpc) is 3.11. The number of amides is 2. The van der Waals surface area contributed by atoms with Crippen LogP contribution in [0.15, 0.2) is 53.7 Å². The zero-order chi connectivity index (χ0) is 20.1. The van der Waals surface area contributed by atoms with Crippen molar-refractivity contribution in [2.45, 2.75) is 24.3 Å². The topological polar surface area (TPSA) is 99.8 Å². The van der Waals surface area contributed by atoms with Crippen molar-refractivity contribution in [1.82, 2.24) is 15.2 Å². The Morgan fingerprint density at radius 3 is 2.36 bits per heavy atom. The van der Waals surface area contributed by atoms with Crippen molar-refractivity contribution in [1.29, 1.82) is 0 Å². The van der Waals surface area contributed by atoms with Crippen molar-refractivity contribution in [3.63, 3.8) is 0 Å². The molecular formula is C19H18FN5O2S. The van der Waals surface area contributed by atoms with Crippen LogP contribution in [-0.4, -0.2) is 32.2 Å². The molecule has 0 radical (unpaired) electrons. The highest BCUT2D eigenvalue weighted by atomic mass is 32.2. The van der Waals surface area contributed by atoms with Crippen molar-refractivity contribution < 1.29 is 14.0 Å². The van der Waals surface area contributed by atoms with Crippen LogP contribution in [0.5, 0.6) is 0 Å². The first kappa shape index (κ1) is 19.6. The predicted octanol–water partition coefficient (Wildman–Crippen LogP) is 3.69. The third-order valence-corrected chi connectivity index (χ3v) is 4.68. The van der Waals surface area contributed by atoms with Gasteiger partial charge in [-0.25, -0.2) is 9.37 Å². The summed E-state index contributed by atoms with van der Waals surface area (Å²) in [5.74, 6) is -0.483. The predicted molar refractivity (Wildman–Crippen MR) is 106 cm³/mol. The van der Waals surface area contributed by atoms with E-state index in [-0.39, 0.29) is 11.8 Å². The Morgan fingerprint density at radius 2 is 1.71 bits per heavy atom. The van der Waals surface area contributed by atoms with Crippen molar-refractivity contribution in [3.05, 3.63) is 54.3 Å². The van der Waals surface area contributed by atoms with E-state index < -0.39 is 11.1 Å². The lowest BCUT2D eigenvalue weighted by atomic mass is 10.2. The molecular weight excluding hydrogens is 381 g/mol. The van der Waals surface area contributed by atoms with Gasteiger partial charge in [0.05, 0.1) is 10.8 Å². The molecule has 0 aliphatic rings. The molecule has 1 aromatic heterocycles. The number of carbonyl (C=O) groups is 2. The highest BCUT2D eigenvalue weighted by Gasteiger charge is 2.18. The number of nitrogens with zero attached hydrogens (tertiary/aromatic N) is 2. The molecule has 9 heteroatoms. The Morgan fingerprint density at radius 1 is 1.07 bits per heavy atom. The number of hydrogen-bond acceptors (Lipinski definition) is 5. The summed E-state index contributed by atoms with van der Waals surface area (Å²) in [6, 6.07) is 13.0. The second-order valence-electron chi connectivity index (χ2n) is 5.95. The van der Waals surface area contributed by atoms with Gasteiger partial charge in [0.15, 0.2) is 5.82 Å². The Labute approximate surface area is 165 Å². The van der Waals surface area contributed by atoms with E-state index in [0.717, 1.165) is 11.8 Å². The molecule has 3 aromatic rings. The van der Waals surface area contributed by atoms with Gasteiger partial charge in [0.2, 0.25) is 17.0 Å². The van der Waals surface area contributed by atoms with Crippen molar-refractivity contribution in [3.8, 4) is 11.4 Å². The summed E-state index contributed by atoms with van der Waals surface area (Å²) in [5, 5.41) is 12.1. The van der Waals surface area contributed by atoms with Crippen LogP contribution in [0.3, 0.4) is 0 Å². The van der Waals surface area contributed by atoms with E-state index in [4.69, 9.17) is 0 Å². The molecule has 0 bridgehead atoms. The van der Waals surface area contributed by atoms with Gasteiger partial charge in [-0.15, -0.1) is 5.10 Å². The number of thioether (sulfide) groups is 1. The van der Waals surface area contributed by atoms with Gasteiger partial charge in [-0.05, 0) is 43.3 Å². The number of rotatable bonds is 6. The monoisotopic (exact) mass is 399 g/mol. The maximum Gasteiger partial charge on any atom is 0.237 e. The average molecular weight is 399 g/mol. The van der Waals surface area contributed by atoms with Gasteiger partial charge in [0.1, 0.15) is 5.82 Å². The van der Waals surface area contributed by atoms with Crippen LogP contribution in [0.25, 0.3) is 11.4 Å². The minimum absolute atomic E-state index is 0.164. The van der Waals surface area contributed by atoms with Gasteiger partial charge in [0.25, 0.3) is 0 Å². The number of hydrogen-bond donors (Lipinski definition) is 3. The summed E-state index contributed by atoms with van der Waals surface area (Å²) in [6.45, 7) is 3.15. The summed E-state index contributed by atoms with van der Waals surface area (Å²) < 4.78 is 13.8. The number of H-pyrrole nitrogens is 1. The molecule has 2 aromatic carbocycles. The number of halogens is 1. The molecule has 0 aliphatic carbocycles. The molecule has 3 rings (SSSR count). The molecule has 2 amide bonds. The van der Waals surface area contributed by atoms with Crippen molar-refractivity contribution in [2.24, 2.45) is 0 Å². The van der Waals surface area contributed by atoms with Crippen LogP contribution in [0, 0.1) is 5.82 Å². The molecule has 1 atom stereocenters. The Hall–Kier alpha value is -3.20. The van der Waals surface area contributed by atoms with E-state index in [1.165, 1.54) is 13.0 Å². The SMILES string of the molecule is CC(=O)Nc1ccc(NC(=O)[C@H](C)Sc2n[nH]c(-c3ccccc3F)n2)cc1. The summed E-state index contributed by atoms with van der Waals surface area (Å²) in [6.07, 6.45) is 0. The van der Waals surface area contributed by atoms with E-state index in [2.05, 4.69) is 25.8 Å². The lowest BCUT2D eigenvalue weighted by Gasteiger charge is -2.10. The van der Waals surface area contributed by atoms with Gasteiger partial charge in [0, 0.05) is 18.3 Å². The Kier molecular flexibility index (Phi) is 6.05. The second kappa shape index (κ2) is 8.66. The lowest BCUT2D eigenvalue weighted by Crippen LogP contribution is -2.22. The number of benzene rings is 2. The fraction of sp³-hybridized carbons (Fsp3) is 0.158. The quantitative estimate of drug-likeness (QED) is 0.549. The van der Waals surface area contributed by atoms with Crippen molar-refractivity contribution >= 4 is 35.0 Å². The number of aromatic amines is 1. The standard InChI is InChI=1S/C19H18FN5O2S/c1-11(18(27)22-14-9-7-13(8-10-14)21-12(2)26)28-19-23-17(24-25-19)15-5-3-4-6-16(15)20/h3-11H,1-2H3,(H,21,26)(H,22,27)(H,23,24,25)/t11-/m0/s1. The largest absolute Gasteiger partial charge is 0.326 e. The lowest BCUT2D eigenvalue weighted by molar-refractivity contribution is -0.115. The van der Waals surface area contributed by atoms with E-state index >= 15 is 0 Å². The molecule has 3 N–H and O–H groups in total. The summed E-state index contributed by atoms with van der Waals surface area (Å²) >= 11 is 1.16. The molecule has 0 fully saturated rings. The summed E-state index contributed by atoms with van der Waals surface area (Å²) in [4.78, 5) is 27.7. The molecule has 0 aliphatic heterocycles. The minimum atomic E-state index is -0.473. The van der Waals surface area contributed by atoms with Crippen LogP contribution < -0.4 is 10.6 Å². The third kappa shape index (κ3) is 4.95. The Balaban J connectivity index is 1.60. The van der Waals surface area contributed by atoms with E-state index in [9.17, 15) is 14.0 Å². The normalized spacial score (nSPS) is 11.7. The van der Waals surface area contributed by atoms with E-state index in [0.29, 0.717) is 27.9 Å². The molecule has 0 saturated carbocycles. The number of aromatic nitrogens is 3. The highest BCUT2D eigenvalue weighted by Crippen LogP contribution is 2.25. The van der Waals surface area contributed by atoms with Crippen LogP contribution in [0.1, 0.15) is 13.8 Å². The summed E-state index contributed by atoms with van der Waals surface area (Å²) in [7, 11) is 0. The van der Waals surface area contributed by atoms with Crippen molar-refractivity contribution in [2.75, 3.05) is 10.6 Å². The molecule has 28 heavy (non-hydrogen) atoms. The highest BCUT2D eigenvalue weighted by molar-refractivity contribution is 8.00. The molecule has 0 unspecified atom stereocenters. The van der Waals surface area contributed by atoms with Crippen LogP contribution in [0.4, 0.5) is 15.8 Å². The van der Waals surface area contributed by atoms with Crippen LogP contribution in [0.2, 0.25) is 0 Å². The molecule has 1 heterocycles. The minimum Gasteiger partial charge on any atom is -0.326 e. The van der Waals surface area contributed by atoms with Crippen LogP contribution >= 0.6 is 11.8 Å². The molecule has 7 nitrogen and oxygen atoms in total. The Bertz CT molecular complexity index is 990.